The summed E-state index contributed by atoms with van der Waals surface area (Å²) in [4.78, 5) is 46.5. The molecule has 0 radical (unpaired) electrons. The summed E-state index contributed by atoms with van der Waals surface area (Å²) in [5, 5.41) is 0. The van der Waals surface area contributed by atoms with Gasteiger partial charge in [-0.15, -0.1) is 6.58 Å². The molecule has 2 N–H and O–H groups in total. The van der Waals surface area contributed by atoms with Crippen molar-refractivity contribution in [3.8, 4) is 0 Å². The zero-order valence-electron chi connectivity index (χ0n) is 16.8. The van der Waals surface area contributed by atoms with Crippen LogP contribution in [-0.2, 0) is 30.5 Å². The number of carbonyl (C=O) groups excluding carboxylic acids is 3. The molecule has 0 saturated heterocycles. The van der Waals surface area contributed by atoms with Crippen LogP contribution in [0, 0.1) is 17.8 Å². The zero-order chi connectivity index (χ0) is 20.9. The summed E-state index contributed by atoms with van der Waals surface area (Å²) in [6.45, 7) is 7.55. The number of aryl methyl sites for hydroxylation is 1. The van der Waals surface area contributed by atoms with E-state index < -0.39 is 29.6 Å². The Bertz CT molecular complexity index is 645. The van der Waals surface area contributed by atoms with E-state index in [0.717, 1.165) is 5.56 Å². The maximum atomic E-state index is 12.6. The summed E-state index contributed by atoms with van der Waals surface area (Å²) in [7, 11) is 1.33. The Morgan fingerprint density at radius 2 is 1.71 bits per heavy atom. The maximum absolute atomic E-state index is 12.6. The van der Waals surface area contributed by atoms with Gasteiger partial charge in [0.2, 0.25) is 5.91 Å². The first-order valence-corrected chi connectivity index (χ1v) is 9.36. The number of benzene rings is 1. The number of hydrogen-bond acceptors (Lipinski definition) is 5. The fourth-order valence-electron chi connectivity index (χ4n) is 2.90. The molecule has 0 aromatic heterocycles. The molecule has 1 rings (SSSR count). The van der Waals surface area contributed by atoms with Crippen molar-refractivity contribution in [1.82, 2.24) is 11.0 Å². The van der Waals surface area contributed by atoms with Gasteiger partial charge in [-0.05, 0) is 30.7 Å². The Morgan fingerprint density at radius 1 is 1.07 bits per heavy atom. The van der Waals surface area contributed by atoms with Crippen LogP contribution < -0.4 is 11.0 Å². The molecule has 0 fully saturated rings. The normalized spacial score (nSPS) is 12.7. The minimum Gasteiger partial charge on any atom is -0.341 e. The van der Waals surface area contributed by atoms with Crippen LogP contribution in [0.25, 0.3) is 0 Å². The molecular weight excluding hydrogens is 360 g/mol. The van der Waals surface area contributed by atoms with Crippen molar-refractivity contribution < 1.29 is 24.1 Å². The minimum atomic E-state index is -0.685. The fraction of sp³-hybridized carbons (Fsp3) is 0.476. The lowest BCUT2D eigenvalue weighted by Crippen LogP contribution is -2.43. The number of carbonyl (C=O) groups is 3. The Morgan fingerprint density at radius 3 is 2.29 bits per heavy atom. The highest BCUT2D eigenvalue weighted by molar-refractivity contribution is 5.87. The van der Waals surface area contributed by atoms with Crippen LogP contribution in [0.3, 0.4) is 0 Å². The van der Waals surface area contributed by atoms with Crippen molar-refractivity contribution in [1.29, 1.82) is 0 Å². The lowest BCUT2D eigenvalue weighted by molar-refractivity contribution is -0.161. The topological polar surface area (TPSA) is 93.7 Å². The Balaban J connectivity index is 2.68. The fourth-order valence-corrected chi connectivity index (χ4v) is 2.90. The van der Waals surface area contributed by atoms with Crippen LogP contribution >= 0.6 is 0 Å². The lowest BCUT2D eigenvalue weighted by Gasteiger charge is -2.25. The van der Waals surface area contributed by atoms with Gasteiger partial charge in [0.05, 0.1) is 25.4 Å². The van der Waals surface area contributed by atoms with Crippen molar-refractivity contribution in [3.63, 3.8) is 0 Å². The second-order valence-corrected chi connectivity index (χ2v) is 6.96. The second-order valence-electron chi connectivity index (χ2n) is 6.96. The number of nitrogens with one attached hydrogen (secondary N) is 2. The second kappa shape index (κ2) is 12.7. The van der Waals surface area contributed by atoms with Gasteiger partial charge >= 0.3 is 5.97 Å². The quantitative estimate of drug-likeness (QED) is 0.448. The van der Waals surface area contributed by atoms with Crippen LogP contribution in [0.4, 0.5) is 0 Å². The van der Waals surface area contributed by atoms with Crippen LogP contribution in [0.1, 0.15) is 38.7 Å². The summed E-state index contributed by atoms with van der Waals surface area (Å²) >= 11 is 0. The summed E-state index contributed by atoms with van der Waals surface area (Å²) < 4.78 is 0. The molecule has 0 spiro atoms. The van der Waals surface area contributed by atoms with Crippen molar-refractivity contribution in [2.75, 3.05) is 7.11 Å². The predicted molar refractivity (Wildman–Crippen MR) is 105 cm³/mol. The van der Waals surface area contributed by atoms with Gasteiger partial charge in [-0.1, -0.05) is 50.3 Å². The largest absolute Gasteiger partial charge is 0.341 e. The molecule has 1 aromatic rings. The molecule has 0 aliphatic carbocycles. The molecule has 0 bridgehead atoms. The van der Waals surface area contributed by atoms with E-state index in [1.165, 1.54) is 7.11 Å². The average Bonchev–Trinajstić information content (AvgIpc) is 2.67. The van der Waals surface area contributed by atoms with E-state index in [-0.39, 0.29) is 12.3 Å². The molecule has 2 atom stereocenters. The summed E-state index contributed by atoms with van der Waals surface area (Å²) in [6.07, 6.45) is 2.97. The van der Waals surface area contributed by atoms with Gasteiger partial charge in [-0.25, -0.2) is 10.3 Å². The first-order chi connectivity index (χ1) is 13.4. The van der Waals surface area contributed by atoms with E-state index in [0.29, 0.717) is 19.3 Å². The van der Waals surface area contributed by atoms with Gasteiger partial charge in [-0.2, -0.15) is 5.48 Å². The van der Waals surface area contributed by atoms with E-state index in [9.17, 15) is 14.4 Å². The third-order valence-electron chi connectivity index (χ3n) is 4.23. The maximum Gasteiger partial charge on any atom is 0.332 e. The number of allylic oxidation sites excluding steroid dienone is 1. The Labute approximate surface area is 166 Å². The molecule has 0 aliphatic rings. The summed E-state index contributed by atoms with van der Waals surface area (Å²) in [5.41, 5.74) is 5.49. The van der Waals surface area contributed by atoms with E-state index in [1.807, 2.05) is 44.2 Å². The lowest BCUT2D eigenvalue weighted by atomic mass is 9.82. The third kappa shape index (κ3) is 8.35. The van der Waals surface area contributed by atoms with Crippen LogP contribution in [-0.4, -0.2) is 24.9 Å². The van der Waals surface area contributed by atoms with Gasteiger partial charge in [0.1, 0.15) is 0 Å². The Hall–Kier alpha value is -2.67. The number of hydroxylamine groups is 2. The van der Waals surface area contributed by atoms with Gasteiger partial charge in [0.25, 0.3) is 5.91 Å². The number of amides is 2. The van der Waals surface area contributed by atoms with Crippen LogP contribution in [0.2, 0.25) is 0 Å². The molecule has 154 valence electrons. The first-order valence-electron chi connectivity index (χ1n) is 9.36. The van der Waals surface area contributed by atoms with E-state index in [2.05, 4.69) is 22.4 Å². The minimum absolute atomic E-state index is 0.138. The van der Waals surface area contributed by atoms with Crippen molar-refractivity contribution >= 4 is 17.8 Å². The van der Waals surface area contributed by atoms with Crippen molar-refractivity contribution in [3.05, 3.63) is 48.6 Å². The van der Waals surface area contributed by atoms with Crippen molar-refractivity contribution in [2.24, 2.45) is 17.8 Å². The van der Waals surface area contributed by atoms with Crippen LogP contribution in [0.5, 0.6) is 0 Å². The summed E-state index contributed by atoms with van der Waals surface area (Å²) in [6, 6.07) is 9.52. The van der Waals surface area contributed by atoms with E-state index >= 15 is 0 Å². The molecule has 0 saturated carbocycles. The van der Waals surface area contributed by atoms with Gasteiger partial charge < -0.3 is 4.84 Å². The Kier molecular flexibility index (Phi) is 10.6. The summed E-state index contributed by atoms with van der Waals surface area (Å²) in [5.74, 6) is -2.68. The molecule has 28 heavy (non-hydrogen) atoms. The van der Waals surface area contributed by atoms with Crippen LogP contribution in [0.15, 0.2) is 43.0 Å². The zero-order valence-corrected chi connectivity index (χ0v) is 16.8. The van der Waals surface area contributed by atoms with Gasteiger partial charge in [0, 0.05) is 0 Å². The molecule has 7 nitrogen and oxygen atoms in total. The molecule has 0 aliphatic heterocycles. The van der Waals surface area contributed by atoms with Gasteiger partial charge in [0.15, 0.2) is 0 Å². The molecule has 7 heteroatoms. The highest BCUT2D eigenvalue weighted by Gasteiger charge is 2.34. The first kappa shape index (κ1) is 23.4. The molecular formula is C21H30N2O5. The third-order valence-corrected chi connectivity index (χ3v) is 4.23. The molecule has 0 heterocycles. The van der Waals surface area contributed by atoms with E-state index in [1.54, 1.807) is 6.08 Å². The predicted octanol–water partition coefficient (Wildman–Crippen LogP) is 2.73. The molecule has 1 aromatic carbocycles. The monoisotopic (exact) mass is 390 g/mol. The smallest absolute Gasteiger partial charge is 0.332 e. The van der Waals surface area contributed by atoms with Gasteiger partial charge in [-0.3, -0.25) is 14.4 Å². The molecule has 2 amide bonds. The average molecular weight is 390 g/mol. The highest BCUT2D eigenvalue weighted by Crippen LogP contribution is 2.25. The highest BCUT2D eigenvalue weighted by atomic mass is 16.7. The SMILES string of the molecule is C=CC[C@H](C(=O)NOC)[C@@H](CC(C)C)C(=O)NOC(=O)CCc1ccccc1. The standard InChI is InChI=1S/C21H30N2O5/c1-5-9-17(20(25)22-27-4)18(14-15(2)3)21(26)23-28-19(24)13-12-16-10-7-6-8-11-16/h5-8,10-11,15,17-18H,1,9,12-14H2,2-4H3,(H,22,25)(H,23,26)/t17-,18+/m0/s1. The van der Waals surface area contributed by atoms with Crippen molar-refractivity contribution in [2.45, 2.75) is 39.5 Å². The number of rotatable bonds is 11. The molecule has 0 unspecified atom stereocenters. The van der Waals surface area contributed by atoms with E-state index in [4.69, 9.17) is 4.84 Å². The number of hydrogen-bond donors (Lipinski definition) is 2.